The average molecular weight is 382 g/mol. The van der Waals surface area contributed by atoms with Crippen molar-refractivity contribution < 1.29 is 14.3 Å². The minimum Gasteiger partial charge on any atom is -0.392 e. The third-order valence-corrected chi connectivity index (χ3v) is 4.79. The second kappa shape index (κ2) is 10.2. The molecular formula is C23H27FN2O2. The van der Waals surface area contributed by atoms with Gasteiger partial charge in [0.1, 0.15) is 11.9 Å². The van der Waals surface area contributed by atoms with Gasteiger partial charge in [0.25, 0.3) is 0 Å². The number of halogens is 1. The zero-order valence-corrected chi connectivity index (χ0v) is 16.0. The van der Waals surface area contributed by atoms with Crippen molar-refractivity contribution in [1.82, 2.24) is 4.90 Å². The van der Waals surface area contributed by atoms with Crippen molar-refractivity contribution in [2.24, 2.45) is 5.16 Å². The molecule has 0 radical (unpaired) electrons. The summed E-state index contributed by atoms with van der Waals surface area (Å²) in [6.07, 6.45) is 3.46. The Labute approximate surface area is 165 Å². The Hall–Kier alpha value is -2.50. The molecule has 2 aromatic rings. The van der Waals surface area contributed by atoms with E-state index in [1.807, 2.05) is 36.4 Å². The summed E-state index contributed by atoms with van der Waals surface area (Å²) in [5.74, 6) is -0.249. The van der Waals surface area contributed by atoms with Gasteiger partial charge in [0.05, 0.1) is 11.8 Å². The van der Waals surface area contributed by atoms with E-state index in [2.05, 4.69) is 16.6 Å². The Bertz CT molecular complexity index is 777. The molecule has 1 aliphatic rings. The van der Waals surface area contributed by atoms with E-state index in [-0.39, 0.29) is 11.9 Å². The van der Waals surface area contributed by atoms with E-state index >= 15 is 0 Å². The monoisotopic (exact) mass is 382 g/mol. The molecule has 1 aliphatic heterocycles. The normalized spacial score (nSPS) is 17.2. The number of rotatable bonds is 10. The molecule has 0 bridgehead atoms. The van der Waals surface area contributed by atoms with Crippen molar-refractivity contribution in [3.63, 3.8) is 0 Å². The van der Waals surface area contributed by atoms with Gasteiger partial charge in [-0.3, -0.25) is 4.90 Å². The average Bonchev–Trinajstić information content (AvgIpc) is 3.17. The molecule has 4 nitrogen and oxygen atoms in total. The molecule has 0 unspecified atom stereocenters. The quantitative estimate of drug-likeness (QED) is 0.628. The summed E-state index contributed by atoms with van der Waals surface area (Å²) in [4.78, 5) is 7.81. The highest BCUT2D eigenvalue weighted by Crippen LogP contribution is 2.19. The second-order valence-electron chi connectivity index (χ2n) is 7.18. The Morgan fingerprint density at radius 1 is 1.21 bits per heavy atom. The van der Waals surface area contributed by atoms with E-state index < -0.39 is 6.10 Å². The Morgan fingerprint density at radius 2 is 1.96 bits per heavy atom. The topological polar surface area (TPSA) is 45.1 Å². The van der Waals surface area contributed by atoms with Gasteiger partial charge >= 0.3 is 0 Å². The van der Waals surface area contributed by atoms with Gasteiger partial charge in [0, 0.05) is 26.1 Å². The lowest BCUT2D eigenvalue weighted by atomic mass is 10.0. The van der Waals surface area contributed by atoms with E-state index in [9.17, 15) is 9.50 Å². The van der Waals surface area contributed by atoms with E-state index in [1.54, 1.807) is 12.1 Å². The third-order valence-electron chi connectivity index (χ3n) is 4.79. The number of allylic oxidation sites excluding steroid dienone is 1. The van der Waals surface area contributed by atoms with Crippen molar-refractivity contribution in [1.29, 1.82) is 0 Å². The van der Waals surface area contributed by atoms with Crippen molar-refractivity contribution in [2.75, 3.05) is 13.1 Å². The zero-order chi connectivity index (χ0) is 19.8. The third kappa shape index (κ3) is 6.01. The lowest BCUT2D eigenvalue weighted by Crippen LogP contribution is -2.37. The van der Waals surface area contributed by atoms with Gasteiger partial charge in [0.2, 0.25) is 0 Å². The molecule has 0 saturated heterocycles. The van der Waals surface area contributed by atoms with Gasteiger partial charge in [-0.2, -0.15) is 0 Å². The molecule has 28 heavy (non-hydrogen) atoms. The van der Waals surface area contributed by atoms with Gasteiger partial charge in [-0.1, -0.05) is 53.7 Å². The van der Waals surface area contributed by atoms with Crippen LogP contribution >= 0.6 is 0 Å². The first-order valence-electron chi connectivity index (χ1n) is 9.68. The first-order chi connectivity index (χ1) is 13.6. The van der Waals surface area contributed by atoms with Crippen LogP contribution in [0.4, 0.5) is 4.39 Å². The van der Waals surface area contributed by atoms with Gasteiger partial charge in [-0.15, -0.1) is 6.58 Å². The number of oxime groups is 1. The molecule has 148 valence electrons. The van der Waals surface area contributed by atoms with Crippen LogP contribution in [0.5, 0.6) is 0 Å². The second-order valence-corrected chi connectivity index (χ2v) is 7.18. The van der Waals surface area contributed by atoms with E-state index in [0.29, 0.717) is 26.1 Å². The fourth-order valence-corrected chi connectivity index (χ4v) is 3.37. The lowest BCUT2D eigenvalue weighted by Gasteiger charge is -2.27. The molecule has 0 saturated carbocycles. The molecule has 2 atom stereocenters. The van der Waals surface area contributed by atoms with Gasteiger partial charge in [0.15, 0.2) is 0 Å². The van der Waals surface area contributed by atoms with Crippen LogP contribution in [0.25, 0.3) is 0 Å². The first kappa shape index (κ1) is 20.2. The minimum atomic E-state index is -0.450. The maximum atomic E-state index is 13.2. The molecule has 0 spiro atoms. The summed E-state index contributed by atoms with van der Waals surface area (Å²) in [5.41, 5.74) is 3.01. The van der Waals surface area contributed by atoms with E-state index in [0.717, 1.165) is 29.7 Å². The van der Waals surface area contributed by atoms with Crippen LogP contribution in [-0.2, 0) is 11.4 Å². The fourth-order valence-electron chi connectivity index (χ4n) is 3.37. The van der Waals surface area contributed by atoms with E-state index in [1.165, 1.54) is 12.1 Å². The Kier molecular flexibility index (Phi) is 7.34. The highest BCUT2D eigenvalue weighted by molar-refractivity contribution is 6.01. The predicted molar refractivity (Wildman–Crippen MR) is 110 cm³/mol. The Morgan fingerprint density at radius 3 is 2.68 bits per heavy atom. The minimum absolute atomic E-state index is 0.0674. The van der Waals surface area contributed by atoms with E-state index in [4.69, 9.17) is 4.84 Å². The molecule has 5 heteroatoms. The maximum Gasteiger partial charge on any atom is 0.145 e. The highest BCUT2D eigenvalue weighted by Gasteiger charge is 2.25. The van der Waals surface area contributed by atoms with Gasteiger partial charge in [-0.05, 0) is 36.1 Å². The van der Waals surface area contributed by atoms with Crippen molar-refractivity contribution >= 4 is 5.71 Å². The maximum absolute atomic E-state index is 13.2. The molecular weight excluding hydrogens is 355 g/mol. The van der Waals surface area contributed by atoms with Crippen LogP contribution in [0.1, 0.15) is 30.4 Å². The summed E-state index contributed by atoms with van der Waals surface area (Å²) in [5, 5.41) is 14.6. The SMILES string of the molecule is C=CCC[C@@H](O)CN(Cc1ccc(F)cc1)C[C@H]1CC(c2ccccc2)=NO1. The largest absolute Gasteiger partial charge is 0.392 e. The smallest absolute Gasteiger partial charge is 0.145 e. The predicted octanol–water partition coefficient (Wildman–Crippen LogP) is 4.15. The Balaban J connectivity index is 1.61. The molecule has 1 N–H and O–H groups in total. The van der Waals surface area contributed by atoms with Crippen molar-refractivity contribution in [2.45, 2.75) is 38.0 Å². The van der Waals surface area contributed by atoms with Crippen LogP contribution in [-0.4, -0.2) is 41.0 Å². The zero-order valence-electron chi connectivity index (χ0n) is 16.0. The highest BCUT2D eigenvalue weighted by atomic mass is 19.1. The molecule has 0 fully saturated rings. The van der Waals surface area contributed by atoms with Gasteiger partial charge < -0.3 is 9.94 Å². The van der Waals surface area contributed by atoms with Crippen molar-refractivity contribution in [3.05, 3.63) is 84.2 Å². The summed E-state index contributed by atoms with van der Waals surface area (Å²) in [7, 11) is 0. The number of benzene rings is 2. The number of nitrogens with zero attached hydrogens (tertiary/aromatic N) is 2. The molecule has 3 rings (SSSR count). The fraction of sp³-hybridized carbons (Fsp3) is 0.348. The first-order valence-corrected chi connectivity index (χ1v) is 9.68. The molecule has 0 amide bonds. The van der Waals surface area contributed by atoms with Crippen LogP contribution in [0, 0.1) is 5.82 Å². The summed E-state index contributed by atoms with van der Waals surface area (Å²) >= 11 is 0. The lowest BCUT2D eigenvalue weighted by molar-refractivity contribution is 0.0308. The van der Waals surface area contributed by atoms with Crippen LogP contribution in [0.15, 0.2) is 72.4 Å². The number of aliphatic hydroxyl groups excluding tert-OH is 1. The number of hydrogen-bond acceptors (Lipinski definition) is 4. The molecule has 0 aromatic heterocycles. The molecule has 0 aliphatic carbocycles. The van der Waals surface area contributed by atoms with Gasteiger partial charge in [-0.25, -0.2) is 4.39 Å². The van der Waals surface area contributed by atoms with Crippen LogP contribution in [0.3, 0.4) is 0 Å². The summed E-state index contributed by atoms with van der Waals surface area (Å²) in [6.45, 7) is 5.49. The summed E-state index contributed by atoms with van der Waals surface area (Å²) in [6, 6.07) is 16.5. The number of aliphatic hydroxyl groups is 1. The molecule has 1 heterocycles. The standard InChI is InChI=1S/C23H27FN2O2/c1-2-3-9-21(27)16-26(15-18-10-12-20(24)13-11-18)17-22-14-23(25-28-22)19-7-5-4-6-8-19/h2,4-8,10-13,21-22,27H,1,3,9,14-17H2/t21-,22-/m1/s1. The van der Waals surface area contributed by atoms with Crippen molar-refractivity contribution in [3.8, 4) is 0 Å². The summed E-state index contributed by atoms with van der Waals surface area (Å²) < 4.78 is 13.2. The molecule has 2 aromatic carbocycles. The van der Waals surface area contributed by atoms with Crippen LogP contribution in [0.2, 0.25) is 0 Å². The number of hydrogen-bond donors (Lipinski definition) is 1. The van der Waals surface area contributed by atoms with Crippen LogP contribution < -0.4 is 0 Å².